The predicted octanol–water partition coefficient (Wildman–Crippen LogP) is 4.18. The fraction of sp³-hybridized carbons (Fsp3) is 0.250. The van der Waals surface area contributed by atoms with Gasteiger partial charge in [-0.15, -0.1) is 11.3 Å². The van der Waals surface area contributed by atoms with E-state index in [0.717, 1.165) is 22.6 Å². The number of rotatable bonds is 4. The van der Waals surface area contributed by atoms with Crippen LogP contribution in [0.3, 0.4) is 0 Å². The lowest BCUT2D eigenvalue weighted by molar-refractivity contribution is 0.100. The van der Waals surface area contributed by atoms with Gasteiger partial charge in [-0.2, -0.15) is 16.8 Å². The maximum Gasteiger partial charge on any atom is 0.289 e. The number of amides is 1. The quantitative estimate of drug-likeness (QED) is 0.709. The van der Waals surface area contributed by atoms with Crippen LogP contribution in [0, 0.1) is 6.92 Å². The second kappa shape index (κ2) is 6.81. The molecule has 0 unspecified atom stereocenters. The van der Waals surface area contributed by atoms with Crippen molar-refractivity contribution in [2.45, 2.75) is 13.5 Å². The molecule has 0 aliphatic carbocycles. The minimum Gasteiger partial charge on any atom is -0.316 e. The van der Waals surface area contributed by atoms with E-state index in [-0.39, 0.29) is 5.91 Å². The van der Waals surface area contributed by atoms with Crippen LogP contribution in [-0.4, -0.2) is 22.5 Å². The number of thiophene rings is 1. The zero-order valence-corrected chi connectivity index (χ0v) is 14.9. The third-order valence-electron chi connectivity index (χ3n) is 3.29. The Bertz CT molecular complexity index is 859. The second-order valence-corrected chi connectivity index (χ2v) is 7.84. The number of aromatic nitrogens is 1. The van der Waals surface area contributed by atoms with E-state index in [0.29, 0.717) is 4.88 Å². The third-order valence-corrected chi connectivity index (χ3v) is 5.78. The molecule has 2 aromatic heterocycles. The molecule has 0 radical (unpaired) electrons. The lowest BCUT2D eigenvalue weighted by atomic mass is 10.2. The molecule has 0 aliphatic rings. The molecule has 6 heteroatoms. The van der Waals surface area contributed by atoms with Gasteiger partial charge in [-0.1, -0.05) is 23.5 Å². The van der Waals surface area contributed by atoms with Gasteiger partial charge in [0.05, 0.1) is 15.1 Å². The van der Waals surface area contributed by atoms with E-state index in [2.05, 4.69) is 40.9 Å². The van der Waals surface area contributed by atoms with E-state index < -0.39 is 0 Å². The third kappa shape index (κ3) is 3.19. The second-order valence-electron chi connectivity index (χ2n) is 4.89. The van der Waals surface area contributed by atoms with Crippen LogP contribution in [0.2, 0.25) is 0 Å². The van der Waals surface area contributed by atoms with Crippen molar-refractivity contribution >= 4 is 50.6 Å². The van der Waals surface area contributed by atoms with Crippen molar-refractivity contribution < 1.29 is 4.79 Å². The number of aryl methyl sites for hydroxylation is 2. The SMILES string of the molecule is CSCCn1c(=NC(=O)c2cccs2)sc2cc(C)ccc21. The Kier molecular flexibility index (Phi) is 4.81. The molecule has 0 saturated heterocycles. The van der Waals surface area contributed by atoms with Gasteiger partial charge < -0.3 is 4.57 Å². The Morgan fingerprint density at radius 1 is 1.36 bits per heavy atom. The first-order chi connectivity index (χ1) is 10.7. The minimum atomic E-state index is -0.156. The number of fused-ring (bicyclic) bond motifs is 1. The van der Waals surface area contributed by atoms with E-state index in [1.165, 1.54) is 21.6 Å². The van der Waals surface area contributed by atoms with Gasteiger partial charge in [0.15, 0.2) is 4.80 Å². The summed E-state index contributed by atoms with van der Waals surface area (Å²) in [6.07, 6.45) is 2.09. The monoisotopic (exact) mass is 348 g/mol. The standard InChI is InChI=1S/C16H16N2OS3/c1-11-5-6-12-14(10-11)22-16(18(12)7-9-20-2)17-15(19)13-4-3-8-21-13/h3-6,8,10H,7,9H2,1-2H3. The van der Waals surface area contributed by atoms with Crippen LogP contribution in [0.1, 0.15) is 15.2 Å². The van der Waals surface area contributed by atoms with Crippen LogP contribution < -0.4 is 4.80 Å². The van der Waals surface area contributed by atoms with E-state index in [1.807, 2.05) is 17.5 Å². The van der Waals surface area contributed by atoms with Crippen molar-refractivity contribution in [3.05, 3.63) is 51.0 Å². The topological polar surface area (TPSA) is 34.4 Å². The Hall–Kier alpha value is -1.37. The van der Waals surface area contributed by atoms with E-state index >= 15 is 0 Å². The van der Waals surface area contributed by atoms with Gasteiger partial charge in [0, 0.05) is 12.3 Å². The van der Waals surface area contributed by atoms with E-state index in [4.69, 9.17) is 0 Å². The normalized spacial score (nSPS) is 12.2. The van der Waals surface area contributed by atoms with Gasteiger partial charge in [0.1, 0.15) is 0 Å². The first kappa shape index (κ1) is 15.5. The maximum absolute atomic E-state index is 12.3. The highest BCUT2D eigenvalue weighted by Gasteiger charge is 2.09. The molecular weight excluding hydrogens is 332 g/mol. The van der Waals surface area contributed by atoms with Crippen molar-refractivity contribution in [2.75, 3.05) is 12.0 Å². The van der Waals surface area contributed by atoms with Crippen molar-refractivity contribution in [3.8, 4) is 0 Å². The molecule has 3 rings (SSSR count). The van der Waals surface area contributed by atoms with Crippen LogP contribution in [0.5, 0.6) is 0 Å². The highest BCUT2D eigenvalue weighted by Crippen LogP contribution is 2.19. The molecule has 3 nitrogen and oxygen atoms in total. The molecule has 1 aromatic carbocycles. The summed E-state index contributed by atoms with van der Waals surface area (Å²) in [5.41, 5.74) is 2.38. The summed E-state index contributed by atoms with van der Waals surface area (Å²) >= 11 is 4.81. The number of carbonyl (C=O) groups is 1. The molecule has 0 saturated carbocycles. The Labute approximate surface area is 141 Å². The smallest absolute Gasteiger partial charge is 0.289 e. The van der Waals surface area contributed by atoms with Crippen LogP contribution in [0.4, 0.5) is 0 Å². The molecule has 0 aliphatic heterocycles. The van der Waals surface area contributed by atoms with Gasteiger partial charge >= 0.3 is 0 Å². The van der Waals surface area contributed by atoms with Crippen molar-refractivity contribution in [3.63, 3.8) is 0 Å². The number of thiazole rings is 1. The van der Waals surface area contributed by atoms with Gasteiger partial charge in [0.25, 0.3) is 5.91 Å². The van der Waals surface area contributed by atoms with Gasteiger partial charge in [0.2, 0.25) is 0 Å². The molecular formula is C16H16N2OS3. The fourth-order valence-electron chi connectivity index (χ4n) is 2.21. The summed E-state index contributed by atoms with van der Waals surface area (Å²) in [4.78, 5) is 18.1. The first-order valence-corrected chi connectivity index (χ1v) is 9.99. The number of hydrogen-bond donors (Lipinski definition) is 0. The molecule has 2 heterocycles. The zero-order valence-electron chi connectivity index (χ0n) is 12.4. The lowest BCUT2D eigenvalue weighted by Gasteiger charge is -2.03. The lowest BCUT2D eigenvalue weighted by Crippen LogP contribution is -2.18. The van der Waals surface area contributed by atoms with Crippen LogP contribution in [0.25, 0.3) is 10.2 Å². The van der Waals surface area contributed by atoms with Crippen molar-refractivity contribution in [1.82, 2.24) is 4.57 Å². The van der Waals surface area contributed by atoms with Crippen LogP contribution in [0.15, 0.2) is 40.7 Å². The summed E-state index contributed by atoms with van der Waals surface area (Å²) in [6, 6.07) is 10.1. The van der Waals surface area contributed by atoms with Gasteiger partial charge in [-0.25, -0.2) is 0 Å². The van der Waals surface area contributed by atoms with Crippen LogP contribution >= 0.6 is 34.4 Å². The van der Waals surface area contributed by atoms with Crippen LogP contribution in [-0.2, 0) is 6.54 Å². The Morgan fingerprint density at radius 2 is 2.23 bits per heavy atom. The molecule has 22 heavy (non-hydrogen) atoms. The van der Waals surface area contributed by atoms with Gasteiger partial charge in [-0.05, 0) is 42.3 Å². The molecule has 0 bridgehead atoms. The fourth-order valence-corrected chi connectivity index (χ4v) is 4.33. The zero-order chi connectivity index (χ0) is 15.5. The van der Waals surface area contributed by atoms with Crippen molar-refractivity contribution in [1.29, 1.82) is 0 Å². The molecule has 0 spiro atoms. The number of thioether (sulfide) groups is 1. The summed E-state index contributed by atoms with van der Waals surface area (Å²) in [6.45, 7) is 2.94. The van der Waals surface area contributed by atoms with Crippen molar-refractivity contribution in [2.24, 2.45) is 4.99 Å². The number of nitrogens with zero attached hydrogens (tertiary/aromatic N) is 2. The summed E-state index contributed by atoms with van der Waals surface area (Å²) < 4.78 is 3.33. The molecule has 0 atom stereocenters. The largest absolute Gasteiger partial charge is 0.316 e. The van der Waals surface area contributed by atoms with E-state index in [9.17, 15) is 4.79 Å². The number of benzene rings is 1. The number of carbonyl (C=O) groups excluding carboxylic acids is 1. The summed E-state index contributed by atoms with van der Waals surface area (Å²) in [5.74, 6) is 0.844. The Morgan fingerprint density at radius 3 is 2.95 bits per heavy atom. The highest BCUT2D eigenvalue weighted by atomic mass is 32.2. The number of hydrogen-bond acceptors (Lipinski definition) is 4. The minimum absolute atomic E-state index is 0.156. The Balaban J connectivity index is 2.12. The molecule has 3 aromatic rings. The predicted molar refractivity (Wildman–Crippen MR) is 97.1 cm³/mol. The molecule has 1 amide bonds. The summed E-state index contributed by atoms with van der Waals surface area (Å²) in [5, 5.41) is 1.90. The summed E-state index contributed by atoms with van der Waals surface area (Å²) in [7, 11) is 0. The van der Waals surface area contributed by atoms with Gasteiger partial charge in [-0.3, -0.25) is 4.79 Å². The molecule has 0 fully saturated rings. The average molecular weight is 349 g/mol. The molecule has 0 N–H and O–H groups in total. The highest BCUT2D eigenvalue weighted by molar-refractivity contribution is 7.98. The van der Waals surface area contributed by atoms with E-state index in [1.54, 1.807) is 23.1 Å². The first-order valence-electron chi connectivity index (χ1n) is 6.90. The average Bonchev–Trinajstić information content (AvgIpc) is 3.12. The maximum atomic E-state index is 12.3. The molecule has 114 valence electrons.